The molecule has 320 valence electrons. The number of nitrogens with zero attached hydrogens (tertiary/aromatic N) is 2. The van der Waals surface area contributed by atoms with E-state index in [-0.39, 0.29) is 13.4 Å². The third-order valence-corrected chi connectivity index (χ3v) is 22.5. The summed E-state index contributed by atoms with van der Waals surface area (Å²) in [5, 5.41) is 5.47. The molecule has 0 fully saturated rings. The lowest BCUT2D eigenvalue weighted by Crippen LogP contribution is -2.79. The molecule has 4 nitrogen and oxygen atoms in total. The predicted octanol–water partition coefficient (Wildman–Crippen LogP) is 8.80. The highest BCUT2D eigenvalue weighted by atomic mass is 32.2. The Labute approximate surface area is 410 Å². The van der Waals surface area contributed by atoms with E-state index < -0.39 is 8.07 Å². The molecular weight excluding hydrogens is 895 g/mol. The maximum atomic E-state index is 6.95. The van der Waals surface area contributed by atoms with Gasteiger partial charge in [0.15, 0.2) is 8.07 Å². The molecule has 0 atom stereocenters. The van der Waals surface area contributed by atoms with E-state index in [1.807, 2.05) is 23.5 Å². The van der Waals surface area contributed by atoms with Crippen molar-refractivity contribution in [2.75, 3.05) is 9.80 Å². The Kier molecular flexibility index (Phi) is 7.93. The van der Waals surface area contributed by atoms with Gasteiger partial charge in [0, 0.05) is 54.5 Å². The maximum absolute atomic E-state index is 6.95. The highest BCUT2D eigenvalue weighted by molar-refractivity contribution is 8.00. The van der Waals surface area contributed by atoms with E-state index in [1.165, 1.54) is 95.9 Å². The Morgan fingerprint density at radius 3 is 1.06 bits per heavy atom. The quantitative estimate of drug-likeness (QED) is 0.161. The van der Waals surface area contributed by atoms with Crippen molar-refractivity contribution in [3.8, 4) is 23.0 Å². The van der Waals surface area contributed by atoms with Gasteiger partial charge in [0.1, 0.15) is 23.0 Å². The van der Waals surface area contributed by atoms with Crippen molar-refractivity contribution in [1.82, 2.24) is 0 Å². The molecule has 1 spiro atoms. The Morgan fingerprint density at radius 1 is 0.319 bits per heavy atom. The minimum atomic E-state index is -3.05. The first-order valence-corrected chi connectivity index (χ1v) is 27.3. The van der Waals surface area contributed by atoms with Crippen molar-refractivity contribution < 1.29 is 9.47 Å². The van der Waals surface area contributed by atoms with Crippen LogP contribution in [-0.4, -0.2) is 21.5 Å². The molecule has 0 saturated heterocycles. The Morgan fingerprint density at radius 2 is 0.652 bits per heavy atom. The molecule has 6 aliphatic heterocycles. The number of ether oxygens (including phenoxy) is 2. The summed E-state index contributed by atoms with van der Waals surface area (Å²) in [4.78, 5) is 10.1. The van der Waals surface area contributed by atoms with Gasteiger partial charge in [0.2, 0.25) is 0 Å². The summed E-state index contributed by atoms with van der Waals surface area (Å²) >= 11 is 3.72. The molecule has 10 aromatic rings. The zero-order valence-corrected chi connectivity index (χ0v) is 39.6. The van der Waals surface area contributed by atoms with Crippen LogP contribution in [0.1, 0.15) is 0 Å². The van der Waals surface area contributed by atoms with Gasteiger partial charge in [-0.25, -0.2) is 0 Å². The average Bonchev–Trinajstić information content (AvgIpc) is 3.40. The van der Waals surface area contributed by atoms with E-state index in [9.17, 15) is 0 Å². The normalized spacial score (nSPS) is 15.1. The number of fused-ring (bicyclic) bond motifs is 16. The highest BCUT2D eigenvalue weighted by Crippen LogP contribution is 2.48. The van der Waals surface area contributed by atoms with E-state index >= 15 is 0 Å². The second-order valence-corrected chi connectivity index (χ2v) is 24.4. The number of para-hydroxylation sites is 6. The number of hydrogen-bond donors (Lipinski definition) is 0. The smallest absolute Gasteiger partial charge is 0.253 e. The number of benzene rings is 10. The van der Waals surface area contributed by atoms with Crippen LogP contribution in [0.15, 0.2) is 238 Å². The molecule has 9 heteroatoms. The molecule has 0 aliphatic carbocycles. The summed E-state index contributed by atoms with van der Waals surface area (Å²) in [5.74, 6) is 3.70. The highest BCUT2D eigenvalue weighted by Gasteiger charge is 2.54. The largest absolute Gasteiger partial charge is 0.458 e. The summed E-state index contributed by atoms with van der Waals surface area (Å²) in [6.07, 6.45) is 0. The predicted molar refractivity (Wildman–Crippen MR) is 290 cm³/mol. The van der Waals surface area contributed by atoms with Crippen LogP contribution >= 0.6 is 23.5 Å². The summed E-state index contributed by atoms with van der Waals surface area (Å²) < 4.78 is 13.9. The van der Waals surface area contributed by atoms with Gasteiger partial charge in [-0.3, -0.25) is 0 Å². The number of anilines is 6. The van der Waals surface area contributed by atoms with Crippen molar-refractivity contribution in [2.24, 2.45) is 0 Å². The van der Waals surface area contributed by atoms with Crippen molar-refractivity contribution in [1.29, 1.82) is 0 Å². The fourth-order valence-electron chi connectivity index (χ4n) is 12.6. The third kappa shape index (κ3) is 5.14. The van der Waals surface area contributed by atoms with Gasteiger partial charge < -0.3 is 19.3 Å². The summed E-state index contributed by atoms with van der Waals surface area (Å²) in [5.41, 5.74) is 14.6. The van der Waals surface area contributed by atoms with Crippen LogP contribution in [0.3, 0.4) is 0 Å². The van der Waals surface area contributed by atoms with Gasteiger partial charge >= 0.3 is 0 Å². The first kappa shape index (κ1) is 38.4. The molecule has 0 aromatic heterocycles. The summed E-state index contributed by atoms with van der Waals surface area (Å²) in [6.45, 7) is 0.210. The SMILES string of the molecule is c1ccc2c(c1)Oc1cc(N3c4ccccc4[Si]4(c5ccccc53)c3ccccc3N(c3cc5c6c(c3)Sc3ccccc3B6c3ccccc3O5)c3ccccc34)cc3c1B2c1ccccc1S3. The molecule has 6 heterocycles. The fourth-order valence-corrected chi connectivity index (χ4v) is 20.5. The van der Waals surface area contributed by atoms with Crippen LogP contribution in [-0.2, 0) is 0 Å². The van der Waals surface area contributed by atoms with E-state index in [1.54, 1.807) is 0 Å². The van der Waals surface area contributed by atoms with Gasteiger partial charge in [-0.15, -0.1) is 0 Å². The summed E-state index contributed by atoms with van der Waals surface area (Å²) in [7, 11) is -3.05. The lowest BCUT2D eigenvalue weighted by atomic mass is 9.35. The molecule has 10 aromatic carbocycles. The molecule has 0 bridgehead atoms. The molecule has 0 N–H and O–H groups in total. The van der Waals surface area contributed by atoms with Gasteiger partial charge in [0.25, 0.3) is 13.4 Å². The number of hydrogen-bond acceptors (Lipinski definition) is 6. The van der Waals surface area contributed by atoms with Crippen LogP contribution in [0.25, 0.3) is 0 Å². The maximum Gasteiger partial charge on any atom is 0.253 e. The van der Waals surface area contributed by atoms with Crippen molar-refractivity contribution in [3.05, 3.63) is 218 Å². The lowest BCUT2D eigenvalue weighted by Gasteiger charge is -2.50. The Hall–Kier alpha value is -7.55. The van der Waals surface area contributed by atoms with E-state index in [0.717, 1.165) is 34.4 Å². The zero-order valence-electron chi connectivity index (χ0n) is 37.0. The van der Waals surface area contributed by atoms with E-state index in [4.69, 9.17) is 9.47 Å². The Balaban J connectivity index is 0.904. The number of rotatable bonds is 2. The molecule has 0 radical (unpaired) electrons. The van der Waals surface area contributed by atoms with Crippen LogP contribution < -0.4 is 72.8 Å². The molecule has 0 unspecified atom stereocenters. The van der Waals surface area contributed by atoms with Crippen LogP contribution in [0, 0.1) is 0 Å². The molecule has 69 heavy (non-hydrogen) atoms. The first-order chi connectivity index (χ1) is 34.2. The molecule has 6 aliphatic rings. The first-order valence-electron chi connectivity index (χ1n) is 23.6. The molecular formula is C60H36B2N2O2S2Si. The van der Waals surface area contributed by atoms with Crippen molar-refractivity contribution in [3.63, 3.8) is 0 Å². The Bertz CT molecular complexity index is 3410. The lowest BCUT2D eigenvalue weighted by molar-refractivity contribution is 0.486. The second-order valence-electron chi connectivity index (χ2n) is 18.6. The minimum Gasteiger partial charge on any atom is -0.458 e. The van der Waals surface area contributed by atoms with Gasteiger partial charge in [0.05, 0.1) is 11.4 Å². The van der Waals surface area contributed by atoms with Crippen LogP contribution in [0.2, 0.25) is 0 Å². The fraction of sp³-hybridized carbons (Fsp3) is 0. The van der Waals surface area contributed by atoms with Crippen molar-refractivity contribution >= 4 is 133 Å². The van der Waals surface area contributed by atoms with Gasteiger partial charge in [-0.1, -0.05) is 180 Å². The molecule has 16 rings (SSSR count). The topological polar surface area (TPSA) is 24.9 Å². The second kappa shape index (κ2) is 14.2. The standard InChI is InChI=1S/C60H36B2N2O2S2Si/c1-9-25-47-39(17-1)61-41-19-3-11-27-51(41)67-53-35-37(33-49(65-47)59(53)61)63-43-21-5-13-29-55(43)69(56-30-14-6-22-44(56)63)57-31-15-7-23-45(57)64(46-24-8-16-32-58(46)69)38-34-50-60-54(36-38)68-52-28-12-4-20-42(52)62(60)40-18-2-10-26-48(40)66-50/h1-36H. The van der Waals surface area contributed by atoms with Gasteiger partial charge in [-0.2, -0.15) is 0 Å². The van der Waals surface area contributed by atoms with Crippen molar-refractivity contribution in [2.45, 2.75) is 19.6 Å². The monoisotopic (exact) mass is 930 g/mol. The van der Waals surface area contributed by atoms with E-state index in [2.05, 4.69) is 228 Å². The van der Waals surface area contributed by atoms with E-state index in [0.29, 0.717) is 0 Å². The third-order valence-electron chi connectivity index (χ3n) is 15.3. The van der Waals surface area contributed by atoms with Crippen LogP contribution in [0.4, 0.5) is 34.1 Å². The summed E-state index contributed by atoms with van der Waals surface area (Å²) in [6, 6.07) is 81.3. The average molecular weight is 931 g/mol. The molecule has 0 amide bonds. The minimum absolute atomic E-state index is 0.105. The van der Waals surface area contributed by atoms with Gasteiger partial charge in [-0.05, 0) is 103 Å². The molecule has 0 saturated carbocycles. The van der Waals surface area contributed by atoms with Crippen LogP contribution in [0.5, 0.6) is 23.0 Å². The zero-order chi connectivity index (χ0) is 45.0.